The molecule has 0 saturated carbocycles. The molecule has 3 heterocycles. The maximum Gasteiger partial charge on any atom is 0.330 e. The maximum atomic E-state index is 12.0. The van der Waals surface area contributed by atoms with Crippen molar-refractivity contribution in [1.29, 1.82) is 0 Å². The van der Waals surface area contributed by atoms with E-state index in [1.54, 1.807) is 0 Å². The van der Waals surface area contributed by atoms with Crippen molar-refractivity contribution in [2.45, 2.75) is 57.5 Å². The van der Waals surface area contributed by atoms with Gasteiger partial charge in [-0.3, -0.25) is 14.3 Å². The van der Waals surface area contributed by atoms with Gasteiger partial charge in [-0.25, -0.2) is 4.79 Å². The molecule has 1 unspecified atom stereocenters. The lowest BCUT2D eigenvalue weighted by molar-refractivity contribution is -0.202. The third kappa shape index (κ3) is 3.25. The molecule has 0 amide bonds. The molecule has 3 rings (SSSR count). The van der Waals surface area contributed by atoms with Gasteiger partial charge in [0.2, 0.25) is 0 Å². The molecule has 23 heavy (non-hydrogen) atoms. The highest BCUT2D eigenvalue weighted by Crippen LogP contribution is 2.42. The summed E-state index contributed by atoms with van der Waals surface area (Å²) in [5.41, 5.74) is -0.989. The third-order valence-electron chi connectivity index (χ3n) is 3.88. The predicted molar refractivity (Wildman–Crippen MR) is 80.2 cm³/mol. The first-order valence-corrected chi connectivity index (χ1v) is 7.81. The predicted octanol–water partition coefficient (Wildman–Crippen LogP) is 0.381. The van der Waals surface area contributed by atoms with Gasteiger partial charge in [0.05, 0.1) is 6.61 Å². The number of rotatable bonds is 5. The summed E-state index contributed by atoms with van der Waals surface area (Å²) >= 11 is 0. The second kappa shape index (κ2) is 6.20. The van der Waals surface area contributed by atoms with Crippen LogP contribution in [0.3, 0.4) is 0 Å². The van der Waals surface area contributed by atoms with Gasteiger partial charge in [-0.05, 0) is 20.3 Å². The number of aromatic nitrogens is 2. The van der Waals surface area contributed by atoms with Crippen molar-refractivity contribution in [2.75, 3.05) is 13.2 Å². The summed E-state index contributed by atoms with van der Waals surface area (Å²) in [4.78, 5) is 25.5. The van der Waals surface area contributed by atoms with Crippen LogP contribution in [0.5, 0.6) is 0 Å². The Balaban J connectivity index is 1.85. The molecule has 0 spiro atoms. The first-order chi connectivity index (χ1) is 10.9. The summed E-state index contributed by atoms with van der Waals surface area (Å²) in [7, 11) is 0. The molecule has 0 radical (unpaired) electrons. The number of ether oxygens (including phenoxy) is 4. The fourth-order valence-electron chi connectivity index (χ4n) is 2.99. The Morgan fingerprint density at radius 3 is 2.74 bits per heavy atom. The normalized spacial score (nSPS) is 32.1. The molecule has 1 aromatic heterocycles. The Kier molecular flexibility index (Phi) is 4.41. The van der Waals surface area contributed by atoms with Crippen LogP contribution < -0.4 is 11.2 Å². The Labute approximate surface area is 133 Å². The van der Waals surface area contributed by atoms with E-state index in [9.17, 15) is 9.59 Å². The van der Waals surface area contributed by atoms with Crippen molar-refractivity contribution >= 4 is 0 Å². The smallest absolute Gasteiger partial charge is 0.330 e. The van der Waals surface area contributed by atoms with E-state index < -0.39 is 29.4 Å². The molecule has 0 aromatic carbocycles. The number of nitrogens with zero attached hydrogens (tertiary/aromatic N) is 1. The lowest BCUT2D eigenvalue weighted by Gasteiger charge is -2.24. The van der Waals surface area contributed by atoms with E-state index in [2.05, 4.69) is 4.98 Å². The van der Waals surface area contributed by atoms with Crippen molar-refractivity contribution < 1.29 is 18.9 Å². The van der Waals surface area contributed by atoms with Gasteiger partial charge >= 0.3 is 5.69 Å². The molecule has 128 valence electrons. The van der Waals surface area contributed by atoms with E-state index in [1.807, 2.05) is 20.8 Å². The minimum atomic E-state index is -0.758. The molecule has 1 aromatic rings. The second-order valence-corrected chi connectivity index (χ2v) is 6.22. The molecular formula is C15H22N2O6. The van der Waals surface area contributed by atoms with Crippen LogP contribution in [-0.4, -0.2) is 46.9 Å². The highest BCUT2D eigenvalue weighted by atomic mass is 16.8. The second-order valence-electron chi connectivity index (χ2n) is 6.22. The van der Waals surface area contributed by atoms with Crippen LogP contribution in [0.4, 0.5) is 0 Å². The number of aromatic amines is 1. The maximum absolute atomic E-state index is 12.0. The van der Waals surface area contributed by atoms with Gasteiger partial charge in [-0.1, -0.05) is 6.92 Å². The first kappa shape index (κ1) is 16.4. The van der Waals surface area contributed by atoms with Crippen LogP contribution in [0.15, 0.2) is 21.9 Å². The average molecular weight is 326 g/mol. The molecule has 2 aliphatic heterocycles. The molecule has 8 heteroatoms. The van der Waals surface area contributed by atoms with Gasteiger partial charge in [0.1, 0.15) is 18.3 Å². The monoisotopic (exact) mass is 326 g/mol. The number of nitrogens with one attached hydrogen (secondary N) is 1. The van der Waals surface area contributed by atoms with Crippen molar-refractivity contribution in [3.8, 4) is 0 Å². The van der Waals surface area contributed by atoms with E-state index in [0.717, 1.165) is 6.42 Å². The van der Waals surface area contributed by atoms with Crippen molar-refractivity contribution in [3.63, 3.8) is 0 Å². The summed E-state index contributed by atoms with van der Waals surface area (Å²) in [6.45, 7) is 6.66. The highest BCUT2D eigenvalue weighted by Gasteiger charge is 2.56. The summed E-state index contributed by atoms with van der Waals surface area (Å²) < 4.78 is 24.7. The summed E-state index contributed by atoms with van der Waals surface area (Å²) in [6, 6.07) is 1.28. The lowest BCUT2D eigenvalue weighted by atomic mass is 10.1. The van der Waals surface area contributed by atoms with E-state index in [4.69, 9.17) is 18.9 Å². The zero-order valence-electron chi connectivity index (χ0n) is 13.5. The van der Waals surface area contributed by atoms with E-state index in [1.165, 1.54) is 16.8 Å². The largest absolute Gasteiger partial charge is 0.379 e. The van der Waals surface area contributed by atoms with Gasteiger partial charge < -0.3 is 18.9 Å². The van der Waals surface area contributed by atoms with Crippen molar-refractivity contribution in [1.82, 2.24) is 9.55 Å². The lowest BCUT2D eigenvalue weighted by Crippen LogP contribution is -2.37. The molecular weight excluding hydrogens is 304 g/mol. The Morgan fingerprint density at radius 1 is 1.30 bits per heavy atom. The van der Waals surface area contributed by atoms with Gasteiger partial charge in [-0.2, -0.15) is 0 Å². The van der Waals surface area contributed by atoms with Gasteiger partial charge in [-0.15, -0.1) is 0 Å². The topological polar surface area (TPSA) is 91.8 Å². The Morgan fingerprint density at radius 2 is 2.04 bits per heavy atom. The molecule has 2 fully saturated rings. The molecule has 0 aliphatic carbocycles. The number of H-pyrrole nitrogens is 1. The van der Waals surface area contributed by atoms with E-state index in [-0.39, 0.29) is 12.2 Å². The quantitative estimate of drug-likeness (QED) is 0.787. The number of hydrogen-bond acceptors (Lipinski definition) is 6. The van der Waals surface area contributed by atoms with Gasteiger partial charge in [0, 0.05) is 18.9 Å². The van der Waals surface area contributed by atoms with E-state index in [0.29, 0.717) is 13.2 Å². The zero-order valence-corrected chi connectivity index (χ0v) is 13.5. The standard InChI is InChI=1S/C15H22N2O6/c1-4-7-20-8-9-11-12(23-15(2,3)22-11)13(21-9)17-6-5-10(18)16-14(17)19/h5-6,9,11-13H,4,7-8H2,1-3H3,(H,16,18,19)/t9-,11+,12?,13-/m1/s1. The van der Waals surface area contributed by atoms with Crippen LogP contribution in [0.25, 0.3) is 0 Å². The fraction of sp³-hybridized carbons (Fsp3) is 0.733. The summed E-state index contributed by atoms with van der Waals surface area (Å²) in [5, 5.41) is 0. The Bertz CT molecular complexity index is 666. The first-order valence-electron chi connectivity index (χ1n) is 7.81. The number of fused-ring (bicyclic) bond motifs is 1. The van der Waals surface area contributed by atoms with Crippen molar-refractivity contribution in [3.05, 3.63) is 33.1 Å². The average Bonchev–Trinajstić information content (AvgIpc) is 2.94. The van der Waals surface area contributed by atoms with Crippen molar-refractivity contribution in [2.24, 2.45) is 0 Å². The summed E-state index contributed by atoms with van der Waals surface area (Å²) in [5.74, 6) is -0.758. The molecule has 1 N–H and O–H groups in total. The molecule has 2 aliphatic rings. The minimum Gasteiger partial charge on any atom is -0.379 e. The Hall–Kier alpha value is -1.48. The molecule has 0 bridgehead atoms. The van der Waals surface area contributed by atoms with Gasteiger partial charge in [0.25, 0.3) is 5.56 Å². The fourth-order valence-corrected chi connectivity index (χ4v) is 2.99. The van der Waals surface area contributed by atoms with Gasteiger partial charge in [0.15, 0.2) is 12.0 Å². The highest BCUT2D eigenvalue weighted by molar-refractivity contribution is 4.98. The molecule has 8 nitrogen and oxygen atoms in total. The summed E-state index contributed by atoms with van der Waals surface area (Å²) in [6.07, 6.45) is 0.548. The van der Waals surface area contributed by atoms with Crippen LogP contribution in [0.1, 0.15) is 33.4 Å². The zero-order chi connectivity index (χ0) is 16.6. The van der Waals surface area contributed by atoms with Crippen LogP contribution in [0, 0.1) is 0 Å². The molecule has 4 atom stereocenters. The van der Waals surface area contributed by atoms with Crippen LogP contribution in [-0.2, 0) is 18.9 Å². The van der Waals surface area contributed by atoms with Crippen LogP contribution in [0.2, 0.25) is 0 Å². The van der Waals surface area contributed by atoms with Crippen LogP contribution >= 0.6 is 0 Å². The van der Waals surface area contributed by atoms with E-state index >= 15 is 0 Å². The molecule has 2 saturated heterocycles. The minimum absolute atomic E-state index is 0.328. The number of hydrogen-bond donors (Lipinski definition) is 1. The third-order valence-corrected chi connectivity index (χ3v) is 3.88. The SMILES string of the molecule is CCCOC[C@H]1O[C@@H](n2ccc(=O)[nH]c2=O)C2OC(C)(C)O[C@H]21.